The quantitative estimate of drug-likeness (QED) is 0.684. The Kier molecular flexibility index (Phi) is 4.27. The fourth-order valence-electron chi connectivity index (χ4n) is 2.95. The first kappa shape index (κ1) is 17.1. The van der Waals surface area contributed by atoms with Crippen molar-refractivity contribution in [1.29, 1.82) is 0 Å². The standard InChI is InChI=1S/C18H14F2N4O3/c1-26-14-5-3-2-4-10(14)8-24-9-13-12(18(24)25)6-11(7-21-13)16-22-23-17(27-16)15(19)20/h2-7,15H,8-9H2,1H3. The van der Waals surface area contributed by atoms with Crippen LogP contribution in [0.3, 0.4) is 0 Å². The van der Waals surface area contributed by atoms with Crippen LogP contribution < -0.4 is 4.74 Å². The summed E-state index contributed by atoms with van der Waals surface area (Å²) >= 11 is 0. The molecule has 0 unspecified atom stereocenters. The van der Waals surface area contributed by atoms with E-state index in [9.17, 15) is 13.6 Å². The molecule has 0 saturated carbocycles. The van der Waals surface area contributed by atoms with Crippen LogP contribution in [0.2, 0.25) is 0 Å². The minimum Gasteiger partial charge on any atom is -0.496 e. The maximum Gasteiger partial charge on any atom is 0.314 e. The monoisotopic (exact) mass is 372 g/mol. The number of hydrogen-bond acceptors (Lipinski definition) is 6. The molecule has 3 aromatic rings. The fourth-order valence-corrected chi connectivity index (χ4v) is 2.95. The van der Waals surface area contributed by atoms with Crippen LogP contribution in [0.5, 0.6) is 5.75 Å². The van der Waals surface area contributed by atoms with Crippen LogP contribution in [0.1, 0.15) is 33.9 Å². The third kappa shape index (κ3) is 3.12. The van der Waals surface area contributed by atoms with E-state index in [0.717, 1.165) is 5.56 Å². The van der Waals surface area contributed by atoms with E-state index >= 15 is 0 Å². The Morgan fingerprint density at radius 3 is 2.85 bits per heavy atom. The summed E-state index contributed by atoms with van der Waals surface area (Å²) < 4.78 is 35.5. The Labute approximate surface area is 152 Å². The van der Waals surface area contributed by atoms with Gasteiger partial charge in [0.15, 0.2) is 0 Å². The van der Waals surface area contributed by atoms with Gasteiger partial charge in [0.05, 0.1) is 37.0 Å². The molecule has 0 aliphatic carbocycles. The predicted octanol–water partition coefficient (Wildman–Crippen LogP) is 3.23. The zero-order valence-corrected chi connectivity index (χ0v) is 14.2. The first-order chi connectivity index (χ1) is 13.1. The van der Waals surface area contributed by atoms with E-state index in [-0.39, 0.29) is 11.8 Å². The molecule has 1 aromatic carbocycles. The third-order valence-electron chi connectivity index (χ3n) is 4.26. The second-order valence-corrected chi connectivity index (χ2v) is 5.94. The maximum atomic E-state index is 12.8. The summed E-state index contributed by atoms with van der Waals surface area (Å²) in [7, 11) is 1.57. The molecule has 1 aliphatic heterocycles. The third-order valence-corrected chi connectivity index (χ3v) is 4.26. The summed E-state index contributed by atoms with van der Waals surface area (Å²) in [5.74, 6) is -0.384. The molecule has 1 amide bonds. The van der Waals surface area contributed by atoms with Crippen molar-refractivity contribution >= 4 is 5.91 Å². The summed E-state index contributed by atoms with van der Waals surface area (Å²) in [6.07, 6.45) is -1.42. The molecule has 3 heterocycles. The molecule has 138 valence electrons. The number of benzene rings is 1. The molecular formula is C18H14F2N4O3. The molecule has 27 heavy (non-hydrogen) atoms. The Balaban J connectivity index is 1.59. The number of carbonyl (C=O) groups is 1. The van der Waals surface area contributed by atoms with Crippen LogP contribution in [-0.2, 0) is 13.1 Å². The van der Waals surface area contributed by atoms with Gasteiger partial charge in [-0.3, -0.25) is 9.78 Å². The van der Waals surface area contributed by atoms with E-state index in [1.807, 2.05) is 24.3 Å². The van der Waals surface area contributed by atoms with Gasteiger partial charge < -0.3 is 14.1 Å². The average Bonchev–Trinajstić information content (AvgIpc) is 3.28. The average molecular weight is 372 g/mol. The summed E-state index contributed by atoms with van der Waals surface area (Å²) in [6, 6.07) is 8.98. The highest BCUT2D eigenvalue weighted by molar-refractivity contribution is 5.98. The number of ether oxygens (including phenoxy) is 1. The van der Waals surface area contributed by atoms with Crippen LogP contribution in [0.15, 0.2) is 40.9 Å². The Hall–Kier alpha value is -3.36. The second kappa shape index (κ2) is 6.75. The number of hydrogen-bond donors (Lipinski definition) is 0. The number of para-hydroxylation sites is 1. The molecule has 9 heteroatoms. The highest BCUT2D eigenvalue weighted by atomic mass is 19.3. The number of alkyl halides is 2. The number of methoxy groups -OCH3 is 1. The van der Waals surface area contributed by atoms with Crippen LogP contribution in [0, 0.1) is 0 Å². The second-order valence-electron chi connectivity index (χ2n) is 5.94. The Morgan fingerprint density at radius 1 is 1.30 bits per heavy atom. The van der Waals surface area contributed by atoms with Gasteiger partial charge in [0.25, 0.3) is 11.8 Å². The molecule has 1 aliphatic rings. The van der Waals surface area contributed by atoms with Gasteiger partial charge in [0, 0.05) is 11.8 Å². The van der Waals surface area contributed by atoms with Crippen molar-refractivity contribution in [3.63, 3.8) is 0 Å². The number of halogens is 2. The summed E-state index contributed by atoms with van der Waals surface area (Å²) in [4.78, 5) is 18.7. The number of rotatable bonds is 5. The van der Waals surface area contributed by atoms with Crippen molar-refractivity contribution in [2.75, 3.05) is 7.11 Å². The lowest BCUT2D eigenvalue weighted by Crippen LogP contribution is -2.23. The van der Waals surface area contributed by atoms with Crippen LogP contribution >= 0.6 is 0 Å². The summed E-state index contributed by atoms with van der Waals surface area (Å²) in [6.45, 7) is 0.712. The molecule has 7 nitrogen and oxygen atoms in total. The van der Waals surface area contributed by atoms with E-state index in [1.165, 1.54) is 12.3 Å². The van der Waals surface area contributed by atoms with E-state index in [2.05, 4.69) is 15.2 Å². The fraction of sp³-hybridized carbons (Fsp3) is 0.222. The van der Waals surface area contributed by atoms with Crippen molar-refractivity contribution in [3.05, 3.63) is 59.2 Å². The van der Waals surface area contributed by atoms with Gasteiger partial charge in [-0.05, 0) is 12.1 Å². The van der Waals surface area contributed by atoms with E-state index in [4.69, 9.17) is 9.15 Å². The molecule has 0 bridgehead atoms. The minimum absolute atomic E-state index is 0.100. The van der Waals surface area contributed by atoms with Crippen molar-refractivity contribution < 1.29 is 22.7 Å². The minimum atomic E-state index is -2.85. The summed E-state index contributed by atoms with van der Waals surface area (Å²) in [5.41, 5.74) is 2.19. The predicted molar refractivity (Wildman–Crippen MR) is 89.1 cm³/mol. The zero-order valence-electron chi connectivity index (χ0n) is 14.2. The van der Waals surface area contributed by atoms with Gasteiger partial charge in [-0.1, -0.05) is 18.2 Å². The zero-order chi connectivity index (χ0) is 19.0. The molecular weight excluding hydrogens is 358 g/mol. The topological polar surface area (TPSA) is 81.3 Å². The van der Waals surface area contributed by atoms with Gasteiger partial charge in [-0.25, -0.2) is 0 Å². The first-order valence-corrected chi connectivity index (χ1v) is 8.09. The van der Waals surface area contributed by atoms with Crippen molar-refractivity contribution in [1.82, 2.24) is 20.1 Å². The number of pyridine rings is 1. The van der Waals surface area contributed by atoms with Gasteiger partial charge in [-0.15, -0.1) is 10.2 Å². The number of amides is 1. The Bertz CT molecular complexity index is 1010. The molecule has 0 atom stereocenters. The largest absolute Gasteiger partial charge is 0.496 e. The molecule has 0 fully saturated rings. The van der Waals surface area contributed by atoms with Crippen LogP contribution in [0.25, 0.3) is 11.5 Å². The normalized spacial score (nSPS) is 13.3. The van der Waals surface area contributed by atoms with Crippen LogP contribution in [-0.4, -0.2) is 33.1 Å². The van der Waals surface area contributed by atoms with Gasteiger partial charge in [-0.2, -0.15) is 8.78 Å². The van der Waals surface area contributed by atoms with Crippen LogP contribution in [0.4, 0.5) is 8.78 Å². The smallest absolute Gasteiger partial charge is 0.314 e. The van der Waals surface area contributed by atoms with E-state index in [0.29, 0.717) is 35.7 Å². The molecule has 4 rings (SSSR count). The van der Waals surface area contributed by atoms with Crippen molar-refractivity contribution in [2.45, 2.75) is 19.5 Å². The SMILES string of the molecule is COc1ccccc1CN1Cc2ncc(-c3nnc(C(F)F)o3)cc2C1=O. The highest BCUT2D eigenvalue weighted by Crippen LogP contribution is 2.29. The highest BCUT2D eigenvalue weighted by Gasteiger charge is 2.30. The number of fused-ring (bicyclic) bond motifs is 1. The van der Waals surface area contributed by atoms with E-state index < -0.39 is 12.3 Å². The molecule has 2 aromatic heterocycles. The van der Waals surface area contributed by atoms with Gasteiger partial charge in [0.2, 0.25) is 5.89 Å². The molecule has 0 N–H and O–H groups in total. The molecule has 0 radical (unpaired) electrons. The number of carbonyl (C=O) groups excluding carboxylic acids is 1. The number of nitrogens with zero attached hydrogens (tertiary/aromatic N) is 4. The lowest BCUT2D eigenvalue weighted by atomic mass is 10.1. The number of aromatic nitrogens is 3. The van der Waals surface area contributed by atoms with E-state index in [1.54, 1.807) is 12.0 Å². The Morgan fingerprint density at radius 2 is 2.11 bits per heavy atom. The van der Waals surface area contributed by atoms with Crippen molar-refractivity contribution in [2.24, 2.45) is 0 Å². The molecule has 0 spiro atoms. The first-order valence-electron chi connectivity index (χ1n) is 8.09. The van der Waals surface area contributed by atoms with Gasteiger partial charge >= 0.3 is 6.43 Å². The summed E-state index contributed by atoms with van der Waals surface area (Å²) in [5, 5.41) is 6.88. The molecule has 0 saturated heterocycles. The maximum absolute atomic E-state index is 12.8. The van der Waals surface area contributed by atoms with Crippen molar-refractivity contribution in [3.8, 4) is 17.2 Å². The lowest BCUT2D eigenvalue weighted by Gasteiger charge is -2.17. The lowest BCUT2D eigenvalue weighted by molar-refractivity contribution is 0.0765. The van der Waals surface area contributed by atoms with Gasteiger partial charge in [0.1, 0.15) is 5.75 Å².